The van der Waals surface area contributed by atoms with E-state index in [2.05, 4.69) is 19.1 Å². The van der Waals surface area contributed by atoms with Crippen molar-refractivity contribution in [3.63, 3.8) is 0 Å². The third-order valence-corrected chi connectivity index (χ3v) is 2.28. The van der Waals surface area contributed by atoms with Gasteiger partial charge in [-0.05, 0) is 36.6 Å². The summed E-state index contributed by atoms with van der Waals surface area (Å²) in [5.74, 6) is 1.44. The van der Waals surface area contributed by atoms with Crippen LogP contribution in [0.2, 0.25) is 0 Å². The standard InChI is InChI=1S/C11H17NO/c1-9(7-8-12)10-3-5-11(13-2)6-4-10/h3-6,9H,7-8,12H2,1-2H3/t9-/m1/s1. The average molecular weight is 179 g/mol. The van der Waals surface area contributed by atoms with Crippen molar-refractivity contribution < 1.29 is 4.74 Å². The minimum atomic E-state index is 0.538. The zero-order valence-electron chi connectivity index (χ0n) is 8.29. The highest BCUT2D eigenvalue weighted by Gasteiger charge is 2.03. The summed E-state index contributed by atoms with van der Waals surface area (Å²) in [5.41, 5.74) is 6.82. The number of hydrogen-bond acceptors (Lipinski definition) is 2. The van der Waals surface area contributed by atoms with Crippen LogP contribution in [-0.4, -0.2) is 13.7 Å². The number of ether oxygens (including phenoxy) is 1. The molecular weight excluding hydrogens is 162 g/mol. The SMILES string of the molecule is COc1ccc([C@H](C)CCN)cc1. The first-order chi connectivity index (χ1) is 6.27. The molecule has 0 unspecified atom stereocenters. The summed E-state index contributed by atoms with van der Waals surface area (Å²) in [7, 11) is 1.68. The Morgan fingerprint density at radius 2 is 1.92 bits per heavy atom. The molecule has 0 spiro atoms. The number of benzene rings is 1. The maximum absolute atomic E-state index is 5.50. The van der Waals surface area contributed by atoms with Crippen molar-refractivity contribution in [2.24, 2.45) is 5.73 Å². The number of nitrogens with two attached hydrogens (primary N) is 1. The van der Waals surface area contributed by atoms with E-state index in [1.54, 1.807) is 7.11 Å². The summed E-state index contributed by atoms with van der Waals surface area (Å²) in [5, 5.41) is 0. The van der Waals surface area contributed by atoms with Crippen LogP contribution in [0.1, 0.15) is 24.8 Å². The molecule has 1 aromatic rings. The Hall–Kier alpha value is -1.02. The number of hydrogen-bond donors (Lipinski definition) is 1. The Morgan fingerprint density at radius 1 is 1.31 bits per heavy atom. The highest BCUT2D eigenvalue weighted by Crippen LogP contribution is 2.20. The molecule has 0 bridgehead atoms. The molecule has 1 aromatic carbocycles. The van der Waals surface area contributed by atoms with Gasteiger partial charge in [-0.3, -0.25) is 0 Å². The van der Waals surface area contributed by atoms with E-state index in [1.807, 2.05) is 12.1 Å². The fourth-order valence-corrected chi connectivity index (χ4v) is 1.35. The van der Waals surface area contributed by atoms with Gasteiger partial charge >= 0.3 is 0 Å². The summed E-state index contributed by atoms with van der Waals surface area (Å²) in [6, 6.07) is 8.17. The lowest BCUT2D eigenvalue weighted by atomic mass is 9.98. The van der Waals surface area contributed by atoms with Gasteiger partial charge in [0.2, 0.25) is 0 Å². The Labute approximate surface area is 79.7 Å². The summed E-state index contributed by atoms with van der Waals surface area (Å²) in [6.45, 7) is 2.93. The van der Waals surface area contributed by atoms with Crippen molar-refractivity contribution in [2.45, 2.75) is 19.3 Å². The van der Waals surface area contributed by atoms with Crippen LogP contribution in [0, 0.1) is 0 Å². The fourth-order valence-electron chi connectivity index (χ4n) is 1.35. The van der Waals surface area contributed by atoms with Gasteiger partial charge in [0.1, 0.15) is 5.75 Å². The zero-order valence-corrected chi connectivity index (χ0v) is 8.29. The van der Waals surface area contributed by atoms with E-state index in [-0.39, 0.29) is 0 Å². The lowest BCUT2D eigenvalue weighted by Crippen LogP contribution is -2.04. The van der Waals surface area contributed by atoms with Crippen LogP contribution >= 0.6 is 0 Å². The van der Waals surface area contributed by atoms with E-state index >= 15 is 0 Å². The first-order valence-corrected chi connectivity index (χ1v) is 4.62. The minimum Gasteiger partial charge on any atom is -0.497 e. The van der Waals surface area contributed by atoms with Crippen LogP contribution in [-0.2, 0) is 0 Å². The predicted octanol–water partition coefficient (Wildman–Crippen LogP) is 2.15. The van der Waals surface area contributed by atoms with Crippen molar-refractivity contribution in [1.29, 1.82) is 0 Å². The van der Waals surface area contributed by atoms with Crippen molar-refractivity contribution in [1.82, 2.24) is 0 Å². The Morgan fingerprint density at radius 3 is 2.38 bits per heavy atom. The molecule has 0 heterocycles. The Kier molecular flexibility index (Phi) is 3.77. The third kappa shape index (κ3) is 2.74. The first-order valence-electron chi connectivity index (χ1n) is 4.62. The molecule has 1 atom stereocenters. The lowest BCUT2D eigenvalue weighted by Gasteiger charge is -2.10. The molecule has 0 aliphatic heterocycles. The first kappa shape index (κ1) is 10.1. The molecule has 0 aliphatic carbocycles. The molecule has 0 saturated carbocycles. The van der Waals surface area contributed by atoms with E-state index in [0.717, 1.165) is 18.7 Å². The highest BCUT2D eigenvalue weighted by molar-refractivity contribution is 5.28. The Bertz CT molecular complexity index is 243. The molecule has 0 radical (unpaired) electrons. The average Bonchev–Trinajstić information content (AvgIpc) is 2.18. The van der Waals surface area contributed by atoms with Crippen LogP contribution < -0.4 is 10.5 Å². The molecule has 1 rings (SSSR count). The van der Waals surface area contributed by atoms with Crippen molar-refractivity contribution in [3.8, 4) is 5.75 Å². The molecule has 0 aromatic heterocycles. The topological polar surface area (TPSA) is 35.2 Å². The fraction of sp³-hybridized carbons (Fsp3) is 0.455. The molecule has 2 heteroatoms. The van der Waals surface area contributed by atoms with Gasteiger partial charge in [-0.25, -0.2) is 0 Å². The number of methoxy groups -OCH3 is 1. The van der Waals surface area contributed by atoms with Crippen LogP contribution in [0.5, 0.6) is 5.75 Å². The quantitative estimate of drug-likeness (QED) is 0.768. The van der Waals surface area contributed by atoms with E-state index in [0.29, 0.717) is 5.92 Å². The lowest BCUT2D eigenvalue weighted by molar-refractivity contribution is 0.414. The summed E-state index contributed by atoms with van der Waals surface area (Å²) in [6.07, 6.45) is 1.03. The second-order valence-electron chi connectivity index (χ2n) is 3.25. The van der Waals surface area contributed by atoms with Gasteiger partial charge in [0.05, 0.1) is 7.11 Å². The normalized spacial score (nSPS) is 12.5. The van der Waals surface area contributed by atoms with Crippen molar-refractivity contribution >= 4 is 0 Å². The smallest absolute Gasteiger partial charge is 0.118 e. The van der Waals surface area contributed by atoms with E-state index in [4.69, 9.17) is 10.5 Å². The highest BCUT2D eigenvalue weighted by atomic mass is 16.5. The molecule has 0 saturated heterocycles. The van der Waals surface area contributed by atoms with Gasteiger partial charge in [0, 0.05) is 0 Å². The third-order valence-electron chi connectivity index (χ3n) is 2.28. The van der Waals surface area contributed by atoms with Gasteiger partial charge in [0.15, 0.2) is 0 Å². The number of rotatable bonds is 4. The largest absolute Gasteiger partial charge is 0.497 e. The molecule has 72 valence electrons. The zero-order chi connectivity index (χ0) is 9.68. The summed E-state index contributed by atoms with van der Waals surface area (Å²) >= 11 is 0. The van der Waals surface area contributed by atoms with Crippen molar-refractivity contribution in [3.05, 3.63) is 29.8 Å². The monoisotopic (exact) mass is 179 g/mol. The second kappa shape index (κ2) is 4.87. The molecule has 2 nitrogen and oxygen atoms in total. The maximum Gasteiger partial charge on any atom is 0.118 e. The summed E-state index contributed by atoms with van der Waals surface area (Å²) < 4.78 is 5.08. The molecule has 0 fully saturated rings. The van der Waals surface area contributed by atoms with Crippen molar-refractivity contribution in [2.75, 3.05) is 13.7 Å². The van der Waals surface area contributed by atoms with Gasteiger partial charge in [-0.2, -0.15) is 0 Å². The maximum atomic E-state index is 5.50. The van der Waals surface area contributed by atoms with Crippen LogP contribution in [0.4, 0.5) is 0 Å². The van der Waals surface area contributed by atoms with Crippen LogP contribution in [0.25, 0.3) is 0 Å². The molecule has 2 N–H and O–H groups in total. The van der Waals surface area contributed by atoms with E-state index in [9.17, 15) is 0 Å². The Balaban J connectivity index is 2.67. The van der Waals surface area contributed by atoms with Gasteiger partial charge in [0.25, 0.3) is 0 Å². The van der Waals surface area contributed by atoms with E-state index < -0.39 is 0 Å². The van der Waals surface area contributed by atoms with Gasteiger partial charge in [-0.15, -0.1) is 0 Å². The van der Waals surface area contributed by atoms with E-state index in [1.165, 1.54) is 5.56 Å². The predicted molar refractivity (Wildman–Crippen MR) is 55.1 cm³/mol. The molecule has 13 heavy (non-hydrogen) atoms. The second-order valence-corrected chi connectivity index (χ2v) is 3.25. The van der Waals surface area contributed by atoms with Gasteiger partial charge in [-0.1, -0.05) is 19.1 Å². The molecule has 0 aliphatic rings. The summed E-state index contributed by atoms with van der Waals surface area (Å²) in [4.78, 5) is 0. The van der Waals surface area contributed by atoms with Gasteiger partial charge < -0.3 is 10.5 Å². The minimum absolute atomic E-state index is 0.538. The van der Waals surface area contributed by atoms with Crippen LogP contribution in [0.15, 0.2) is 24.3 Å². The molecular formula is C11H17NO. The molecule has 0 amide bonds. The van der Waals surface area contributed by atoms with Crippen LogP contribution in [0.3, 0.4) is 0 Å².